The first-order chi connectivity index (χ1) is 12.1. The summed E-state index contributed by atoms with van der Waals surface area (Å²) in [7, 11) is 0. The van der Waals surface area contributed by atoms with Crippen LogP contribution in [0, 0.1) is 5.21 Å². The van der Waals surface area contributed by atoms with E-state index in [0.717, 1.165) is 46.1 Å². The van der Waals surface area contributed by atoms with Gasteiger partial charge >= 0.3 is 0 Å². The summed E-state index contributed by atoms with van der Waals surface area (Å²) in [5.41, 5.74) is 1.93. The van der Waals surface area contributed by atoms with Crippen molar-refractivity contribution in [2.24, 2.45) is 0 Å². The molecule has 0 spiro atoms. The average Bonchev–Trinajstić information content (AvgIpc) is 3.00. The maximum atomic E-state index is 13.7. The molecular weight excluding hydrogens is 402 g/mol. The van der Waals surface area contributed by atoms with E-state index in [9.17, 15) is 5.21 Å². The zero-order valence-electron chi connectivity index (χ0n) is 14.1. The highest BCUT2D eigenvalue weighted by molar-refractivity contribution is 9.10. The molecular formula is C17H20BrN5OS. The van der Waals surface area contributed by atoms with Crippen LogP contribution in [0.1, 0.15) is 24.0 Å². The number of hydrogen-bond donors (Lipinski definition) is 0. The predicted octanol–water partition coefficient (Wildman–Crippen LogP) is 3.35. The van der Waals surface area contributed by atoms with E-state index in [0.29, 0.717) is 19.6 Å². The number of fused-ring (bicyclic) bond motifs is 3. The summed E-state index contributed by atoms with van der Waals surface area (Å²) in [6, 6.07) is 4.12. The van der Waals surface area contributed by atoms with Gasteiger partial charge in [-0.1, -0.05) is 11.8 Å². The molecule has 25 heavy (non-hydrogen) atoms. The first-order valence-electron chi connectivity index (χ1n) is 8.40. The number of quaternary nitrogens is 1. The Morgan fingerprint density at radius 3 is 3.00 bits per heavy atom. The van der Waals surface area contributed by atoms with E-state index in [4.69, 9.17) is 4.98 Å². The maximum absolute atomic E-state index is 13.7. The van der Waals surface area contributed by atoms with Gasteiger partial charge in [-0.15, -0.1) is 0 Å². The van der Waals surface area contributed by atoms with Gasteiger partial charge in [0.1, 0.15) is 23.5 Å². The smallest absolute Gasteiger partial charge is 0.189 e. The Hall–Kier alpha value is -1.22. The fourth-order valence-electron chi connectivity index (χ4n) is 3.86. The molecule has 0 bridgehead atoms. The van der Waals surface area contributed by atoms with Crippen molar-refractivity contribution in [2.75, 3.05) is 24.2 Å². The van der Waals surface area contributed by atoms with Gasteiger partial charge in [0.2, 0.25) is 0 Å². The average molecular weight is 422 g/mol. The van der Waals surface area contributed by atoms with Crippen LogP contribution in [-0.2, 0) is 13.1 Å². The Morgan fingerprint density at radius 1 is 1.36 bits per heavy atom. The lowest BCUT2D eigenvalue weighted by Gasteiger charge is -2.43. The summed E-state index contributed by atoms with van der Waals surface area (Å²) >= 11 is 4.89. The van der Waals surface area contributed by atoms with Crippen LogP contribution in [0.3, 0.4) is 0 Å². The summed E-state index contributed by atoms with van der Waals surface area (Å²) in [6.07, 6.45) is 7.78. The normalized spacial score (nSPS) is 25.4. The highest BCUT2D eigenvalue weighted by Crippen LogP contribution is 2.35. The minimum absolute atomic E-state index is 0.256. The molecule has 0 aromatic carbocycles. The number of hydroxylamine groups is 3. The van der Waals surface area contributed by atoms with Crippen molar-refractivity contribution in [1.82, 2.24) is 15.0 Å². The Bertz CT molecular complexity index is 774. The van der Waals surface area contributed by atoms with Gasteiger partial charge in [-0.3, -0.25) is 0 Å². The van der Waals surface area contributed by atoms with E-state index in [1.54, 1.807) is 18.0 Å². The van der Waals surface area contributed by atoms with Crippen LogP contribution in [-0.4, -0.2) is 45.0 Å². The predicted molar refractivity (Wildman–Crippen MR) is 102 cm³/mol. The van der Waals surface area contributed by atoms with Crippen molar-refractivity contribution < 1.29 is 4.65 Å². The molecule has 132 valence electrons. The number of thioether (sulfide) groups is 1. The Kier molecular flexibility index (Phi) is 4.70. The number of hydrogen-bond acceptors (Lipinski definition) is 6. The van der Waals surface area contributed by atoms with Crippen molar-refractivity contribution in [1.29, 1.82) is 0 Å². The second kappa shape index (κ2) is 6.83. The van der Waals surface area contributed by atoms with Crippen LogP contribution >= 0.6 is 27.7 Å². The molecule has 2 aromatic heterocycles. The summed E-state index contributed by atoms with van der Waals surface area (Å²) in [5, 5.41) is 14.4. The Morgan fingerprint density at radius 2 is 2.24 bits per heavy atom. The maximum Gasteiger partial charge on any atom is 0.189 e. The zero-order chi connectivity index (χ0) is 17.4. The van der Waals surface area contributed by atoms with E-state index in [-0.39, 0.29) is 10.7 Å². The number of aromatic nitrogens is 3. The van der Waals surface area contributed by atoms with Crippen molar-refractivity contribution in [3.05, 3.63) is 45.5 Å². The molecule has 0 N–H and O–H groups in total. The first kappa shape index (κ1) is 17.2. The highest BCUT2D eigenvalue weighted by atomic mass is 79.9. The largest absolute Gasteiger partial charge is 0.632 e. The van der Waals surface area contributed by atoms with Crippen molar-refractivity contribution in [2.45, 2.75) is 37.1 Å². The van der Waals surface area contributed by atoms with Crippen molar-refractivity contribution in [3.63, 3.8) is 0 Å². The molecule has 8 heteroatoms. The topological polar surface area (TPSA) is 65.0 Å². The number of rotatable bonds is 3. The lowest BCUT2D eigenvalue weighted by Crippen LogP contribution is -2.47. The molecule has 1 unspecified atom stereocenters. The Balaban J connectivity index is 1.69. The quantitative estimate of drug-likeness (QED) is 0.249. The van der Waals surface area contributed by atoms with E-state index >= 15 is 0 Å². The van der Waals surface area contributed by atoms with E-state index in [1.807, 2.05) is 24.6 Å². The van der Waals surface area contributed by atoms with E-state index < -0.39 is 0 Å². The lowest BCUT2D eigenvalue weighted by molar-refractivity contribution is -0.907. The summed E-state index contributed by atoms with van der Waals surface area (Å²) < 4.78 is 0.509. The molecule has 4 rings (SSSR count). The molecule has 2 aliphatic heterocycles. The van der Waals surface area contributed by atoms with Gasteiger partial charge in [0.15, 0.2) is 5.16 Å². The summed E-state index contributed by atoms with van der Waals surface area (Å²) in [4.78, 5) is 15.7. The van der Waals surface area contributed by atoms with Crippen LogP contribution in [0.4, 0.5) is 5.82 Å². The number of anilines is 1. The minimum Gasteiger partial charge on any atom is -0.632 e. The molecule has 0 radical (unpaired) electrons. The van der Waals surface area contributed by atoms with Crippen LogP contribution < -0.4 is 4.90 Å². The Labute approximate surface area is 160 Å². The van der Waals surface area contributed by atoms with Gasteiger partial charge < -0.3 is 14.8 Å². The monoisotopic (exact) mass is 421 g/mol. The second-order valence-corrected chi connectivity index (χ2v) is 8.33. The summed E-state index contributed by atoms with van der Waals surface area (Å²) in [5.74, 6) is 0.964. The molecule has 4 heterocycles. The first-order valence-corrected chi connectivity index (χ1v) is 10.4. The van der Waals surface area contributed by atoms with Crippen LogP contribution in [0.25, 0.3) is 0 Å². The summed E-state index contributed by atoms with van der Waals surface area (Å²) in [6.45, 7) is 2.39. The highest BCUT2D eigenvalue weighted by Gasteiger charge is 2.38. The van der Waals surface area contributed by atoms with Crippen LogP contribution in [0.5, 0.6) is 0 Å². The molecule has 0 aliphatic carbocycles. The van der Waals surface area contributed by atoms with Crippen LogP contribution in [0.2, 0.25) is 0 Å². The van der Waals surface area contributed by atoms with Gasteiger partial charge in [-0.2, -0.15) is 0 Å². The van der Waals surface area contributed by atoms with Crippen molar-refractivity contribution >= 4 is 33.5 Å². The standard InChI is InChI=1S/C17H20BrN5OS/c1-25-17-20-8-13-10-23(24,9-12-4-5-15(18)19-7-12)11-14-3-2-6-22(14)16(13)21-17/h4-5,7-8,14H,2-3,6,9-11H2,1H3/t14-,23?/m0/s1. The van der Waals surface area contributed by atoms with Crippen molar-refractivity contribution in [3.8, 4) is 0 Å². The molecule has 2 atom stereocenters. The zero-order valence-corrected chi connectivity index (χ0v) is 16.5. The van der Waals surface area contributed by atoms with E-state index in [1.165, 1.54) is 0 Å². The van der Waals surface area contributed by atoms with Gasteiger partial charge in [-0.05, 0) is 47.2 Å². The molecule has 1 saturated heterocycles. The second-order valence-electron chi connectivity index (χ2n) is 6.74. The molecule has 0 saturated carbocycles. The fourth-order valence-corrected chi connectivity index (χ4v) is 4.43. The molecule has 1 fully saturated rings. The minimum atomic E-state index is -0.278. The third kappa shape index (κ3) is 3.53. The van der Waals surface area contributed by atoms with E-state index in [2.05, 4.69) is 30.8 Å². The third-order valence-corrected chi connectivity index (χ3v) is 5.94. The van der Waals surface area contributed by atoms with Gasteiger partial charge in [0, 0.05) is 24.5 Å². The third-order valence-electron chi connectivity index (χ3n) is 4.91. The van der Waals surface area contributed by atoms with Gasteiger partial charge in [-0.25, -0.2) is 15.0 Å². The molecule has 2 aliphatic rings. The van der Waals surface area contributed by atoms with Crippen LogP contribution in [0.15, 0.2) is 34.3 Å². The van der Waals surface area contributed by atoms with Gasteiger partial charge in [0.25, 0.3) is 0 Å². The molecule has 0 amide bonds. The number of pyridine rings is 1. The number of nitrogens with zero attached hydrogens (tertiary/aromatic N) is 5. The molecule has 2 aromatic rings. The lowest BCUT2D eigenvalue weighted by atomic mass is 10.2. The molecule has 6 nitrogen and oxygen atoms in total. The fraction of sp³-hybridized carbons (Fsp3) is 0.471. The van der Waals surface area contributed by atoms with Gasteiger partial charge in [0.05, 0.1) is 18.2 Å². The number of halogens is 1. The SMILES string of the molecule is CSc1ncc2c(n1)N1CCC[C@H]1C[N+]([O-])(Cc1ccc(Br)nc1)C2.